The zero-order valence-corrected chi connectivity index (χ0v) is 12.9. The Balaban J connectivity index is 2.18. The molecule has 0 spiro atoms. The first-order valence-electron chi connectivity index (χ1n) is 7.09. The molecule has 1 fully saturated rings. The smallest absolute Gasteiger partial charge is 0.192 e. The number of benzene rings is 1. The Morgan fingerprint density at radius 3 is 2.70 bits per heavy atom. The molecular formula is C16H22O3S. The van der Waals surface area contributed by atoms with E-state index in [0.717, 1.165) is 29.7 Å². The van der Waals surface area contributed by atoms with E-state index in [2.05, 4.69) is 6.92 Å². The lowest BCUT2D eigenvalue weighted by atomic mass is 10.1. The maximum absolute atomic E-state index is 12.8. The van der Waals surface area contributed by atoms with E-state index in [1.807, 2.05) is 31.2 Å². The second kappa shape index (κ2) is 6.66. The third-order valence-corrected chi connectivity index (χ3v) is 5.29. The number of unbranched alkanes of at least 4 members (excludes halogenated alkanes) is 1. The molecule has 0 amide bonds. The quantitative estimate of drug-likeness (QED) is 0.621. The number of epoxide rings is 1. The fraction of sp³-hybridized carbons (Fsp3) is 0.500. The van der Waals surface area contributed by atoms with E-state index in [-0.39, 0.29) is 12.7 Å². The minimum Gasteiger partial charge on any atom is -0.392 e. The van der Waals surface area contributed by atoms with Gasteiger partial charge >= 0.3 is 0 Å². The molecule has 0 unspecified atom stereocenters. The van der Waals surface area contributed by atoms with Gasteiger partial charge in [-0.2, -0.15) is 0 Å². The van der Waals surface area contributed by atoms with Crippen molar-refractivity contribution in [1.29, 1.82) is 0 Å². The highest BCUT2D eigenvalue weighted by Crippen LogP contribution is 2.46. The fourth-order valence-electron chi connectivity index (χ4n) is 2.27. The maximum atomic E-state index is 12.8. The highest BCUT2D eigenvalue weighted by Gasteiger charge is 2.59. The monoisotopic (exact) mass is 294 g/mol. The van der Waals surface area contributed by atoms with Crippen LogP contribution in [0, 0.1) is 6.92 Å². The molecule has 0 bridgehead atoms. The summed E-state index contributed by atoms with van der Waals surface area (Å²) in [6.45, 7) is 4.08. The van der Waals surface area contributed by atoms with Gasteiger partial charge in [-0.05, 0) is 31.6 Å². The van der Waals surface area contributed by atoms with Crippen LogP contribution in [0.15, 0.2) is 41.3 Å². The highest BCUT2D eigenvalue weighted by molar-refractivity contribution is 7.86. The van der Waals surface area contributed by atoms with Crippen LogP contribution < -0.4 is 0 Å². The lowest BCUT2D eigenvalue weighted by molar-refractivity contribution is 0.339. The van der Waals surface area contributed by atoms with Crippen molar-refractivity contribution in [2.45, 2.75) is 49.0 Å². The van der Waals surface area contributed by atoms with Crippen LogP contribution in [0.25, 0.3) is 0 Å². The molecule has 0 radical (unpaired) electrons. The van der Waals surface area contributed by atoms with Crippen LogP contribution in [-0.4, -0.2) is 27.0 Å². The van der Waals surface area contributed by atoms with E-state index in [1.165, 1.54) is 0 Å². The normalized spacial score (nSPS) is 26.9. The maximum Gasteiger partial charge on any atom is 0.192 e. The Labute approximate surface area is 123 Å². The van der Waals surface area contributed by atoms with Crippen molar-refractivity contribution in [1.82, 2.24) is 0 Å². The Hall–Kier alpha value is -0.970. The first kappa shape index (κ1) is 15.4. The third kappa shape index (κ3) is 3.19. The Bertz CT molecular complexity index is 495. The Morgan fingerprint density at radius 2 is 2.10 bits per heavy atom. The van der Waals surface area contributed by atoms with Crippen LogP contribution >= 0.6 is 0 Å². The Morgan fingerprint density at radius 1 is 1.40 bits per heavy atom. The van der Waals surface area contributed by atoms with Crippen molar-refractivity contribution in [3.63, 3.8) is 0 Å². The highest BCUT2D eigenvalue weighted by atomic mass is 32.2. The summed E-state index contributed by atoms with van der Waals surface area (Å²) in [5, 5.41) is 8.97. The first-order chi connectivity index (χ1) is 9.64. The van der Waals surface area contributed by atoms with Gasteiger partial charge in [0.1, 0.15) is 6.10 Å². The van der Waals surface area contributed by atoms with Gasteiger partial charge in [0.15, 0.2) is 4.93 Å². The topological polar surface area (TPSA) is 49.8 Å². The van der Waals surface area contributed by atoms with E-state index < -0.39 is 15.7 Å². The van der Waals surface area contributed by atoms with Gasteiger partial charge in [0.25, 0.3) is 0 Å². The summed E-state index contributed by atoms with van der Waals surface area (Å²) in [4.78, 5) is 0.0323. The lowest BCUT2D eigenvalue weighted by Gasteiger charge is -2.09. The fourth-order valence-corrected chi connectivity index (χ4v) is 3.80. The molecule has 0 aliphatic carbocycles. The molecule has 1 aliphatic heterocycles. The minimum atomic E-state index is -1.25. The van der Waals surface area contributed by atoms with Crippen LogP contribution in [0.2, 0.25) is 0 Å². The molecule has 3 atom stereocenters. The zero-order valence-electron chi connectivity index (χ0n) is 12.0. The van der Waals surface area contributed by atoms with Gasteiger partial charge in [-0.25, -0.2) is 0 Å². The number of aliphatic hydroxyl groups excluding tert-OH is 1. The van der Waals surface area contributed by atoms with Crippen molar-refractivity contribution in [3.8, 4) is 0 Å². The SMILES string of the molecule is CCCC[C@@H]1O[C@@]1(/C=C/CO)[S@@](=O)c1ccc(C)cc1. The number of hydrogen-bond donors (Lipinski definition) is 1. The molecule has 0 saturated carbocycles. The summed E-state index contributed by atoms with van der Waals surface area (Å²) in [7, 11) is -1.25. The predicted molar refractivity (Wildman–Crippen MR) is 80.9 cm³/mol. The van der Waals surface area contributed by atoms with Gasteiger partial charge in [0.2, 0.25) is 0 Å². The van der Waals surface area contributed by atoms with Gasteiger partial charge < -0.3 is 9.84 Å². The molecule has 110 valence electrons. The summed E-state index contributed by atoms with van der Waals surface area (Å²) in [6, 6.07) is 7.69. The molecule has 1 saturated heterocycles. The standard InChI is InChI=1S/C16H22O3S/c1-3-4-6-15-16(19-15,11-5-12-17)20(18)14-9-7-13(2)8-10-14/h5,7-11,15,17H,3-4,6,12H2,1-2H3/b11-5+/t15-,16-,20-/m0/s1. The minimum absolute atomic E-state index is 0.00705. The number of rotatable bonds is 7. The number of aliphatic hydroxyl groups is 1. The van der Waals surface area contributed by atoms with E-state index >= 15 is 0 Å². The second-order valence-corrected chi connectivity index (χ2v) is 6.78. The van der Waals surface area contributed by atoms with E-state index in [4.69, 9.17) is 9.84 Å². The van der Waals surface area contributed by atoms with Crippen molar-refractivity contribution in [3.05, 3.63) is 42.0 Å². The van der Waals surface area contributed by atoms with E-state index in [9.17, 15) is 4.21 Å². The molecule has 1 aromatic carbocycles. The van der Waals surface area contributed by atoms with Gasteiger partial charge in [-0.3, -0.25) is 4.21 Å². The molecule has 0 aromatic heterocycles. The van der Waals surface area contributed by atoms with Crippen LogP contribution in [0.3, 0.4) is 0 Å². The third-order valence-electron chi connectivity index (χ3n) is 3.52. The van der Waals surface area contributed by atoms with Crippen molar-refractivity contribution >= 4 is 10.8 Å². The van der Waals surface area contributed by atoms with Gasteiger partial charge in [-0.1, -0.05) is 43.5 Å². The molecule has 2 rings (SSSR count). The molecule has 1 aromatic rings. The summed E-state index contributed by atoms with van der Waals surface area (Å²) in [6.07, 6.45) is 6.44. The molecular weight excluding hydrogens is 272 g/mol. The summed E-state index contributed by atoms with van der Waals surface area (Å²) < 4.78 is 18.5. The predicted octanol–water partition coefficient (Wildman–Crippen LogP) is 2.94. The summed E-state index contributed by atoms with van der Waals surface area (Å²) in [5.74, 6) is 0. The summed E-state index contributed by atoms with van der Waals surface area (Å²) >= 11 is 0. The van der Waals surface area contributed by atoms with E-state index in [1.54, 1.807) is 12.2 Å². The van der Waals surface area contributed by atoms with E-state index in [0.29, 0.717) is 0 Å². The molecule has 20 heavy (non-hydrogen) atoms. The number of aryl methyl sites for hydroxylation is 1. The van der Waals surface area contributed by atoms with Crippen molar-refractivity contribution in [2.24, 2.45) is 0 Å². The van der Waals surface area contributed by atoms with Gasteiger partial charge in [0, 0.05) is 4.90 Å². The Kier molecular flexibility index (Phi) is 5.13. The molecule has 1 N–H and O–H groups in total. The van der Waals surface area contributed by atoms with Gasteiger partial charge in [-0.15, -0.1) is 0 Å². The molecule has 1 aliphatic rings. The van der Waals surface area contributed by atoms with Crippen molar-refractivity contribution in [2.75, 3.05) is 6.61 Å². The van der Waals surface area contributed by atoms with Crippen molar-refractivity contribution < 1.29 is 14.1 Å². The largest absolute Gasteiger partial charge is 0.392 e. The average molecular weight is 294 g/mol. The van der Waals surface area contributed by atoms with Crippen LogP contribution in [-0.2, 0) is 15.5 Å². The number of ether oxygens (including phenoxy) is 1. The number of hydrogen-bond acceptors (Lipinski definition) is 3. The van der Waals surface area contributed by atoms with Crippen LogP contribution in [0.5, 0.6) is 0 Å². The van der Waals surface area contributed by atoms with Crippen LogP contribution in [0.1, 0.15) is 31.7 Å². The first-order valence-corrected chi connectivity index (χ1v) is 8.24. The summed E-state index contributed by atoms with van der Waals surface area (Å²) in [5.41, 5.74) is 1.14. The van der Waals surface area contributed by atoms with Gasteiger partial charge in [0.05, 0.1) is 17.4 Å². The lowest BCUT2D eigenvalue weighted by Crippen LogP contribution is -2.20. The average Bonchev–Trinajstić information content (AvgIpc) is 3.17. The zero-order chi connectivity index (χ0) is 14.6. The van der Waals surface area contributed by atoms with Crippen LogP contribution in [0.4, 0.5) is 0 Å². The second-order valence-electron chi connectivity index (χ2n) is 5.14. The molecule has 4 heteroatoms. The molecule has 3 nitrogen and oxygen atoms in total. The molecule has 1 heterocycles.